The molecule has 1 aromatic carbocycles. The van der Waals surface area contributed by atoms with Crippen LogP contribution in [0.4, 0.5) is 5.69 Å². The van der Waals surface area contributed by atoms with E-state index in [0.717, 1.165) is 29.2 Å². The van der Waals surface area contributed by atoms with Crippen LogP contribution in [-0.4, -0.2) is 21.9 Å². The molecule has 2 rings (SSSR count). The molecule has 0 fully saturated rings. The normalized spacial score (nSPS) is 10.5. The van der Waals surface area contributed by atoms with E-state index in [1.165, 1.54) is 5.56 Å². The van der Waals surface area contributed by atoms with Crippen molar-refractivity contribution in [3.05, 3.63) is 41.7 Å². The average molecular weight is 289 g/mol. The molecule has 1 amide bonds. The minimum absolute atomic E-state index is 0.148. The zero-order chi connectivity index (χ0) is 14.4. The smallest absolute Gasteiger partial charge is 0.274 e. The lowest BCUT2D eigenvalue weighted by Gasteiger charge is -2.05. The first kappa shape index (κ1) is 14.7. The van der Waals surface area contributed by atoms with Crippen LogP contribution in [0, 0.1) is 6.92 Å². The second-order valence-corrected chi connectivity index (χ2v) is 5.77. The summed E-state index contributed by atoms with van der Waals surface area (Å²) >= 11 is 1.67. The molecule has 0 unspecified atom stereocenters. The fourth-order valence-corrected chi connectivity index (χ4v) is 2.77. The molecule has 5 heteroatoms. The molecule has 20 heavy (non-hydrogen) atoms. The van der Waals surface area contributed by atoms with Crippen molar-refractivity contribution in [1.29, 1.82) is 0 Å². The van der Waals surface area contributed by atoms with Gasteiger partial charge >= 0.3 is 0 Å². The summed E-state index contributed by atoms with van der Waals surface area (Å²) in [5.41, 5.74) is 2.49. The van der Waals surface area contributed by atoms with Crippen LogP contribution in [0.2, 0.25) is 0 Å². The van der Waals surface area contributed by atoms with Gasteiger partial charge in [0, 0.05) is 5.69 Å². The van der Waals surface area contributed by atoms with Crippen molar-refractivity contribution < 1.29 is 4.79 Å². The third-order valence-corrected chi connectivity index (χ3v) is 4.01. The molecule has 0 atom stereocenters. The van der Waals surface area contributed by atoms with Gasteiger partial charge in [-0.05, 0) is 31.2 Å². The van der Waals surface area contributed by atoms with Gasteiger partial charge in [0.2, 0.25) is 0 Å². The maximum absolute atomic E-state index is 12.2. The van der Waals surface area contributed by atoms with Gasteiger partial charge in [-0.1, -0.05) is 31.0 Å². The van der Waals surface area contributed by atoms with Crippen LogP contribution < -0.4 is 5.32 Å². The van der Waals surface area contributed by atoms with E-state index in [1.807, 2.05) is 31.2 Å². The summed E-state index contributed by atoms with van der Waals surface area (Å²) < 4.78 is 0. The molecular weight excluding hydrogens is 270 g/mol. The molecule has 0 aliphatic rings. The number of nitrogens with one attached hydrogen (secondary N) is 2. The SMILES string of the molecule is CCCCSc1cn[nH]c1C(=O)Nc1ccc(C)cc1. The number of hydrogen-bond acceptors (Lipinski definition) is 3. The fourth-order valence-electron chi connectivity index (χ4n) is 1.70. The number of amides is 1. The zero-order valence-corrected chi connectivity index (χ0v) is 12.6. The summed E-state index contributed by atoms with van der Waals surface area (Å²) in [5.74, 6) is 0.853. The van der Waals surface area contributed by atoms with E-state index in [-0.39, 0.29) is 5.91 Å². The van der Waals surface area contributed by atoms with Crippen LogP contribution in [-0.2, 0) is 0 Å². The summed E-state index contributed by atoms with van der Waals surface area (Å²) in [6, 6.07) is 7.74. The van der Waals surface area contributed by atoms with Gasteiger partial charge in [-0.3, -0.25) is 9.89 Å². The van der Waals surface area contributed by atoms with E-state index in [4.69, 9.17) is 0 Å². The summed E-state index contributed by atoms with van der Waals surface area (Å²) in [7, 11) is 0. The van der Waals surface area contributed by atoms with Crippen molar-refractivity contribution in [3.8, 4) is 0 Å². The molecule has 106 valence electrons. The molecule has 2 aromatic rings. The number of unbranched alkanes of at least 4 members (excludes halogenated alkanes) is 1. The Morgan fingerprint density at radius 3 is 2.80 bits per heavy atom. The fraction of sp³-hybridized carbons (Fsp3) is 0.333. The Bertz CT molecular complexity index is 563. The van der Waals surface area contributed by atoms with Crippen LogP contribution in [0.1, 0.15) is 35.8 Å². The molecule has 0 aliphatic heterocycles. The summed E-state index contributed by atoms with van der Waals surface area (Å²) in [5, 5.41) is 9.63. The first-order valence-corrected chi connectivity index (χ1v) is 7.73. The van der Waals surface area contributed by atoms with Gasteiger partial charge in [0.15, 0.2) is 0 Å². The lowest BCUT2D eigenvalue weighted by Crippen LogP contribution is -2.13. The van der Waals surface area contributed by atoms with Gasteiger partial charge in [0.05, 0.1) is 11.1 Å². The van der Waals surface area contributed by atoms with Crippen LogP contribution >= 0.6 is 11.8 Å². The van der Waals surface area contributed by atoms with Gasteiger partial charge in [0.25, 0.3) is 5.91 Å². The number of nitrogens with zero attached hydrogens (tertiary/aromatic N) is 1. The number of aryl methyl sites for hydroxylation is 1. The third kappa shape index (κ3) is 3.87. The minimum Gasteiger partial charge on any atom is -0.321 e. The van der Waals surface area contributed by atoms with E-state index in [0.29, 0.717) is 5.69 Å². The van der Waals surface area contributed by atoms with E-state index in [2.05, 4.69) is 22.4 Å². The van der Waals surface area contributed by atoms with Crippen molar-refractivity contribution in [2.45, 2.75) is 31.6 Å². The summed E-state index contributed by atoms with van der Waals surface area (Å²) in [6.45, 7) is 4.17. The van der Waals surface area contributed by atoms with Gasteiger partial charge in [-0.2, -0.15) is 5.10 Å². The highest BCUT2D eigenvalue weighted by atomic mass is 32.2. The van der Waals surface area contributed by atoms with Gasteiger partial charge < -0.3 is 5.32 Å². The molecule has 4 nitrogen and oxygen atoms in total. The predicted octanol–water partition coefficient (Wildman–Crippen LogP) is 3.86. The first-order chi connectivity index (χ1) is 9.70. The topological polar surface area (TPSA) is 57.8 Å². The number of rotatable bonds is 6. The van der Waals surface area contributed by atoms with E-state index in [1.54, 1.807) is 18.0 Å². The quantitative estimate of drug-likeness (QED) is 0.627. The Morgan fingerprint density at radius 2 is 2.10 bits per heavy atom. The number of carbonyl (C=O) groups is 1. The van der Waals surface area contributed by atoms with E-state index in [9.17, 15) is 4.79 Å². The van der Waals surface area contributed by atoms with Crippen LogP contribution in [0.15, 0.2) is 35.4 Å². The number of benzene rings is 1. The van der Waals surface area contributed by atoms with Gasteiger partial charge in [0.1, 0.15) is 5.69 Å². The Hall–Kier alpha value is -1.75. The highest BCUT2D eigenvalue weighted by molar-refractivity contribution is 7.99. The van der Waals surface area contributed by atoms with Crippen molar-refractivity contribution >= 4 is 23.4 Å². The van der Waals surface area contributed by atoms with E-state index < -0.39 is 0 Å². The van der Waals surface area contributed by atoms with Crippen LogP contribution in [0.5, 0.6) is 0 Å². The molecule has 0 saturated carbocycles. The van der Waals surface area contributed by atoms with E-state index >= 15 is 0 Å². The largest absolute Gasteiger partial charge is 0.321 e. The molecule has 0 radical (unpaired) electrons. The van der Waals surface area contributed by atoms with Crippen molar-refractivity contribution in [1.82, 2.24) is 10.2 Å². The Morgan fingerprint density at radius 1 is 1.35 bits per heavy atom. The number of H-pyrrole nitrogens is 1. The molecule has 1 heterocycles. The van der Waals surface area contributed by atoms with Gasteiger partial charge in [-0.25, -0.2) is 0 Å². The molecular formula is C15H19N3OS. The maximum atomic E-state index is 12.2. The lowest BCUT2D eigenvalue weighted by atomic mass is 10.2. The number of aromatic amines is 1. The third-order valence-electron chi connectivity index (χ3n) is 2.90. The first-order valence-electron chi connectivity index (χ1n) is 6.75. The number of aromatic nitrogens is 2. The Kier molecular flexibility index (Phi) is 5.24. The highest BCUT2D eigenvalue weighted by Gasteiger charge is 2.14. The second-order valence-electron chi connectivity index (χ2n) is 4.63. The lowest BCUT2D eigenvalue weighted by molar-refractivity contribution is 0.101. The molecule has 2 N–H and O–H groups in total. The number of hydrogen-bond donors (Lipinski definition) is 2. The van der Waals surface area contributed by atoms with Crippen molar-refractivity contribution in [3.63, 3.8) is 0 Å². The summed E-state index contributed by atoms with van der Waals surface area (Å²) in [6.07, 6.45) is 4.00. The zero-order valence-electron chi connectivity index (χ0n) is 11.8. The van der Waals surface area contributed by atoms with Crippen molar-refractivity contribution in [2.75, 3.05) is 11.1 Å². The standard InChI is InChI=1S/C15H19N3OS/c1-3-4-9-20-13-10-16-18-14(13)15(19)17-12-7-5-11(2)6-8-12/h5-8,10H,3-4,9H2,1-2H3,(H,16,18)(H,17,19). The maximum Gasteiger partial charge on any atom is 0.274 e. The predicted molar refractivity (Wildman–Crippen MR) is 83.4 cm³/mol. The van der Waals surface area contributed by atoms with Crippen LogP contribution in [0.3, 0.4) is 0 Å². The Balaban J connectivity index is 2.02. The monoisotopic (exact) mass is 289 g/mol. The Labute approximate surface area is 123 Å². The van der Waals surface area contributed by atoms with Gasteiger partial charge in [-0.15, -0.1) is 11.8 Å². The van der Waals surface area contributed by atoms with Crippen molar-refractivity contribution in [2.24, 2.45) is 0 Å². The molecule has 0 aliphatic carbocycles. The van der Waals surface area contributed by atoms with Crippen LogP contribution in [0.25, 0.3) is 0 Å². The molecule has 0 spiro atoms. The highest BCUT2D eigenvalue weighted by Crippen LogP contribution is 2.22. The number of anilines is 1. The molecule has 0 saturated heterocycles. The summed E-state index contributed by atoms with van der Waals surface area (Å²) in [4.78, 5) is 13.1. The minimum atomic E-state index is -0.148. The second kappa shape index (κ2) is 7.14. The molecule has 1 aromatic heterocycles. The number of thioether (sulfide) groups is 1. The average Bonchev–Trinajstić information content (AvgIpc) is 2.90. The molecule has 0 bridgehead atoms. The number of carbonyl (C=O) groups excluding carboxylic acids is 1.